The Kier molecular flexibility index (Phi) is 5.91. The second kappa shape index (κ2) is 7.36. The molecular formula is C15H28N2O5S. The summed E-state index contributed by atoms with van der Waals surface area (Å²) in [5.41, 5.74) is -0.537. The fourth-order valence-electron chi connectivity index (χ4n) is 2.87. The Bertz CT molecular complexity index is 514. The van der Waals surface area contributed by atoms with Gasteiger partial charge in [-0.25, -0.2) is 13.2 Å². The molecule has 2 saturated heterocycles. The number of amides is 1. The Hall–Kier alpha value is -0.860. The molecule has 2 heterocycles. The zero-order chi connectivity index (χ0) is 17.1. The van der Waals surface area contributed by atoms with Gasteiger partial charge in [0.05, 0.1) is 30.8 Å². The minimum absolute atomic E-state index is 0.0452. The van der Waals surface area contributed by atoms with Crippen LogP contribution in [-0.4, -0.2) is 74.9 Å². The lowest BCUT2D eigenvalue weighted by atomic mass is 10.1. The molecular weight excluding hydrogens is 320 g/mol. The van der Waals surface area contributed by atoms with Gasteiger partial charge in [0.2, 0.25) is 0 Å². The third kappa shape index (κ3) is 5.93. The van der Waals surface area contributed by atoms with E-state index in [0.717, 1.165) is 6.42 Å². The molecule has 8 heteroatoms. The van der Waals surface area contributed by atoms with Gasteiger partial charge in [-0.2, -0.15) is 0 Å². The van der Waals surface area contributed by atoms with E-state index in [-0.39, 0.29) is 29.7 Å². The summed E-state index contributed by atoms with van der Waals surface area (Å²) in [6.07, 6.45) is 1.19. The van der Waals surface area contributed by atoms with Crippen molar-refractivity contribution in [1.29, 1.82) is 0 Å². The molecule has 23 heavy (non-hydrogen) atoms. The fourth-order valence-corrected chi connectivity index (χ4v) is 4.54. The van der Waals surface area contributed by atoms with Crippen LogP contribution in [0.1, 0.15) is 33.6 Å². The molecule has 0 aromatic heterocycles. The molecule has 0 spiro atoms. The number of sulfone groups is 1. The maximum Gasteiger partial charge on any atom is 0.410 e. The first kappa shape index (κ1) is 18.5. The molecule has 0 aliphatic carbocycles. The number of carbonyl (C=O) groups is 1. The molecule has 7 nitrogen and oxygen atoms in total. The summed E-state index contributed by atoms with van der Waals surface area (Å²) in [5, 5.41) is 3.29. The first-order chi connectivity index (χ1) is 10.7. The molecule has 2 fully saturated rings. The van der Waals surface area contributed by atoms with E-state index in [0.29, 0.717) is 32.7 Å². The highest BCUT2D eigenvalue weighted by atomic mass is 32.2. The van der Waals surface area contributed by atoms with Crippen molar-refractivity contribution in [2.45, 2.75) is 51.3 Å². The van der Waals surface area contributed by atoms with Crippen molar-refractivity contribution in [2.75, 3.05) is 37.8 Å². The minimum atomic E-state index is -2.94. The maximum absolute atomic E-state index is 12.3. The Labute approximate surface area is 138 Å². The van der Waals surface area contributed by atoms with Crippen LogP contribution in [0.2, 0.25) is 0 Å². The summed E-state index contributed by atoms with van der Waals surface area (Å²) in [4.78, 5) is 14.0. The van der Waals surface area contributed by atoms with E-state index in [1.54, 1.807) is 4.90 Å². The van der Waals surface area contributed by atoms with Gasteiger partial charge in [-0.15, -0.1) is 0 Å². The highest BCUT2D eigenvalue weighted by Gasteiger charge is 2.32. The molecule has 0 aromatic rings. The van der Waals surface area contributed by atoms with Gasteiger partial charge in [-0.1, -0.05) is 0 Å². The lowest BCUT2D eigenvalue weighted by Crippen LogP contribution is -2.55. The zero-order valence-electron chi connectivity index (χ0n) is 14.2. The molecule has 2 rings (SSSR count). The molecule has 1 N–H and O–H groups in total. The normalized spacial score (nSPS) is 28.4. The summed E-state index contributed by atoms with van der Waals surface area (Å²) >= 11 is 0. The van der Waals surface area contributed by atoms with E-state index in [2.05, 4.69) is 5.32 Å². The van der Waals surface area contributed by atoms with E-state index in [1.165, 1.54) is 0 Å². The van der Waals surface area contributed by atoms with E-state index < -0.39 is 15.4 Å². The molecule has 0 aromatic carbocycles. The molecule has 2 unspecified atom stereocenters. The van der Waals surface area contributed by atoms with E-state index in [4.69, 9.17) is 9.47 Å². The van der Waals surface area contributed by atoms with Crippen molar-refractivity contribution in [3.63, 3.8) is 0 Å². The average molecular weight is 348 g/mol. The lowest BCUT2D eigenvalue weighted by Gasteiger charge is -2.37. The first-order valence-electron chi connectivity index (χ1n) is 8.17. The second-order valence-corrected chi connectivity index (χ2v) is 9.49. The van der Waals surface area contributed by atoms with Crippen molar-refractivity contribution in [1.82, 2.24) is 10.2 Å². The Morgan fingerprint density at radius 2 is 2.13 bits per heavy atom. The summed E-state index contributed by atoms with van der Waals surface area (Å²) in [6.45, 7) is 7.45. The first-order valence-corrected chi connectivity index (χ1v) is 10.00. The standard InChI is InChI=1S/C15H28N2O5S/c1-15(2,3)22-14(18)17-6-7-21-10-13(17)9-16-12-5-4-8-23(19,20)11-12/h12-13,16H,4-11H2,1-3H3. The topological polar surface area (TPSA) is 84.9 Å². The van der Waals surface area contributed by atoms with Gasteiger partial charge in [0, 0.05) is 19.1 Å². The van der Waals surface area contributed by atoms with Gasteiger partial charge in [-0.05, 0) is 33.6 Å². The molecule has 2 aliphatic rings. The fraction of sp³-hybridized carbons (Fsp3) is 0.933. The minimum Gasteiger partial charge on any atom is -0.444 e. The molecule has 0 saturated carbocycles. The van der Waals surface area contributed by atoms with Gasteiger partial charge in [0.25, 0.3) is 0 Å². The van der Waals surface area contributed by atoms with Crippen LogP contribution in [-0.2, 0) is 19.3 Å². The third-order valence-corrected chi connectivity index (χ3v) is 5.78. The van der Waals surface area contributed by atoms with E-state index in [1.807, 2.05) is 20.8 Å². The summed E-state index contributed by atoms with van der Waals surface area (Å²) in [6, 6.07) is -0.181. The van der Waals surface area contributed by atoms with Crippen molar-refractivity contribution < 1.29 is 22.7 Å². The largest absolute Gasteiger partial charge is 0.444 e. The van der Waals surface area contributed by atoms with Gasteiger partial charge >= 0.3 is 6.09 Å². The van der Waals surface area contributed by atoms with Crippen LogP contribution in [0.25, 0.3) is 0 Å². The van der Waals surface area contributed by atoms with Crippen LogP contribution >= 0.6 is 0 Å². The summed E-state index contributed by atoms with van der Waals surface area (Å²) < 4.78 is 34.3. The number of carbonyl (C=O) groups excluding carboxylic acids is 1. The van der Waals surface area contributed by atoms with Crippen molar-refractivity contribution in [3.8, 4) is 0 Å². The molecule has 2 aliphatic heterocycles. The number of hydrogen-bond donors (Lipinski definition) is 1. The molecule has 0 bridgehead atoms. The van der Waals surface area contributed by atoms with Crippen molar-refractivity contribution in [2.24, 2.45) is 0 Å². The predicted molar refractivity (Wildman–Crippen MR) is 87.2 cm³/mol. The SMILES string of the molecule is CC(C)(C)OC(=O)N1CCOCC1CNC1CCCS(=O)(=O)C1. The number of morpholine rings is 1. The van der Waals surface area contributed by atoms with Gasteiger partial charge in [0.1, 0.15) is 5.60 Å². The van der Waals surface area contributed by atoms with Gasteiger partial charge in [-0.3, -0.25) is 4.90 Å². The van der Waals surface area contributed by atoms with Crippen molar-refractivity contribution >= 4 is 15.9 Å². The monoisotopic (exact) mass is 348 g/mol. The average Bonchev–Trinajstić information content (AvgIpc) is 2.42. The Morgan fingerprint density at radius 3 is 2.78 bits per heavy atom. The number of ether oxygens (including phenoxy) is 2. The van der Waals surface area contributed by atoms with Crippen LogP contribution in [0.4, 0.5) is 4.79 Å². The zero-order valence-corrected chi connectivity index (χ0v) is 15.0. The van der Waals surface area contributed by atoms with E-state index >= 15 is 0 Å². The number of hydrogen-bond acceptors (Lipinski definition) is 6. The van der Waals surface area contributed by atoms with Crippen LogP contribution in [0, 0.1) is 0 Å². The maximum atomic E-state index is 12.3. The van der Waals surface area contributed by atoms with Crippen LogP contribution in [0.3, 0.4) is 0 Å². The molecule has 134 valence electrons. The van der Waals surface area contributed by atoms with Crippen LogP contribution in [0.15, 0.2) is 0 Å². The summed E-state index contributed by atoms with van der Waals surface area (Å²) in [5.74, 6) is 0.453. The van der Waals surface area contributed by atoms with Crippen LogP contribution < -0.4 is 5.32 Å². The third-order valence-electron chi connectivity index (χ3n) is 3.96. The highest BCUT2D eigenvalue weighted by Crippen LogP contribution is 2.16. The van der Waals surface area contributed by atoms with Crippen LogP contribution in [0.5, 0.6) is 0 Å². The Morgan fingerprint density at radius 1 is 1.39 bits per heavy atom. The van der Waals surface area contributed by atoms with Gasteiger partial charge in [0.15, 0.2) is 9.84 Å². The number of rotatable bonds is 3. The smallest absolute Gasteiger partial charge is 0.410 e. The number of nitrogens with zero attached hydrogens (tertiary/aromatic N) is 1. The van der Waals surface area contributed by atoms with Gasteiger partial charge < -0.3 is 14.8 Å². The Balaban J connectivity index is 1.90. The highest BCUT2D eigenvalue weighted by molar-refractivity contribution is 7.91. The lowest BCUT2D eigenvalue weighted by molar-refractivity contribution is -0.0321. The predicted octanol–water partition coefficient (Wildman–Crippen LogP) is 0.789. The van der Waals surface area contributed by atoms with E-state index in [9.17, 15) is 13.2 Å². The molecule has 0 radical (unpaired) electrons. The van der Waals surface area contributed by atoms with Crippen molar-refractivity contribution in [3.05, 3.63) is 0 Å². The number of nitrogens with one attached hydrogen (secondary N) is 1. The quantitative estimate of drug-likeness (QED) is 0.812. The molecule has 1 amide bonds. The summed E-state index contributed by atoms with van der Waals surface area (Å²) in [7, 11) is -2.94. The second-order valence-electron chi connectivity index (χ2n) is 7.26. The molecule has 2 atom stereocenters.